The zero-order valence-corrected chi connectivity index (χ0v) is 9.97. The number of rotatable bonds is 2. The van der Waals surface area contributed by atoms with Gasteiger partial charge in [-0.2, -0.15) is 0 Å². The molecule has 0 bridgehead atoms. The van der Waals surface area contributed by atoms with Crippen molar-refractivity contribution >= 4 is 23.2 Å². The van der Waals surface area contributed by atoms with Gasteiger partial charge in [0.1, 0.15) is 0 Å². The highest BCUT2D eigenvalue weighted by molar-refractivity contribution is 6.31. The van der Waals surface area contributed by atoms with E-state index in [0.717, 1.165) is 29.7 Å². The quantitative estimate of drug-likeness (QED) is 0.829. The number of carbonyl (C=O) groups excluding carboxylic acids is 1. The summed E-state index contributed by atoms with van der Waals surface area (Å²) in [6.45, 7) is 2.46. The number of carbonyl (C=O) groups is 1. The molecule has 1 heterocycles. The molecule has 16 heavy (non-hydrogen) atoms. The van der Waals surface area contributed by atoms with E-state index in [1.807, 2.05) is 19.1 Å². The maximum atomic E-state index is 11.8. The number of nitrogens with two attached hydrogens (primary N) is 1. The van der Waals surface area contributed by atoms with E-state index < -0.39 is 0 Å². The summed E-state index contributed by atoms with van der Waals surface area (Å²) in [6.07, 6.45) is 1.49. The number of fused-ring (bicyclic) bond motifs is 1. The molecule has 0 aromatic heterocycles. The van der Waals surface area contributed by atoms with Crippen LogP contribution in [-0.2, 0) is 11.2 Å². The first kappa shape index (κ1) is 11.4. The summed E-state index contributed by atoms with van der Waals surface area (Å²) < 4.78 is 0. The van der Waals surface area contributed by atoms with Gasteiger partial charge in [-0.05, 0) is 43.5 Å². The molecule has 1 aliphatic heterocycles. The smallest absolute Gasteiger partial charge is 0.227 e. The lowest BCUT2D eigenvalue weighted by Crippen LogP contribution is -2.31. The van der Waals surface area contributed by atoms with Crippen LogP contribution in [0.1, 0.15) is 17.5 Å². The van der Waals surface area contributed by atoms with Crippen LogP contribution in [-0.4, -0.2) is 12.5 Å². The fourth-order valence-corrected chi connectivity index (χ4v) is 2.26. The first-order valence-corrected chi connectivity index (χ1v) is 5.80. The first-order valence-electron chi connectivity index (χ1n) is 5.42. The standard InChI is InChI=1S/C12H15ClN2O/c1-7-10(13)3-2-8-6-9(4-5-14)12(16)15-11(7)8/h2-3,9H,4-6,14H2,1H3,(H,15,16). The summed E-state index contributed by atoms with van der Waals surface area (Å²) in [4.78, 5) is 11.8. The van der Waals surface area contributed by atoms with E-state index >= 15 is 0 Å². The Balaban J connectivity index is 2.35. The predicted molar refractivity (Wildman–Crippen MR) is 65.7 cm³/mol. The van der Waals surface area contributed by atoms with Crippen molar-refractivity contribution in [3.8, 4) is 0 Å². The molecule has 0 saturated carbocycles. The minimum absolute atomic E-state index is 0.00178. The third-order valence-electron chi connectivity index (χ3n) is 3.09. The van der Waals surface area contributed by atoms with E-state index in [9.17, 15) is 4.79 Å². The summed E-state index contributed by atoms with van der Waals surface area (Å²) >= 11 is 6.02. The van der Waals surface area contributed by atoms with Crippen LogP contribution in [0.15, 0.2) is 12.1 Å². The maximum Gasteiger partial charge on any atom is 0.227 e. The van der Waals surface area contributed by atoms with E-state index in [2.05, 4.69) is 5.32 Å². The van der Waals surface area contributed by atoms with Crippen LogP contribution in [0.5, 0.6) is 0 Å². The Morgan fingerprint density at radius 2 is 2.31 bits per heavy atom. The lowest BCUT2D eigenvalue weighted by Gasteiger charge is -2.26. The number of halogens is 1. The number of hydrogen-bond donors (Lipinski definition) is 2. The van der Waals surface area contributed by atoms with E-state index in [4.69, 9.17) is 17.3 Å². The van der Waals surface area contributed by atoms with Crippen molar-refractivity contribution in [2.24, 2.45) is 11.7 Å². The van der Waals surface area contributed by atoms with E-state index in [-0.39, 0.29) is 11.8 Å². The Kier molecular flexibility index (Phi) is 3.17. The van der Waals surface area contributed by atoms with Crippen LogP contribution in [0.3, 0.4) is 0 Å². The molecule has 86 valence electrons. The summed E-state index contributed by atoms with van der Waals surface area (Å²) in [5, 5.41) is 3.62. The van der Waals surface area contributed by atoms with Crippen LogP contribution < -0.4 is 11.1 Å². The number of nitrogens with one attached hydrogen (secondary N) is 1. The number of benzene rings is 1. The minimum atomic E-state index is -0.00178. The van der Waals surface area contributed by atoms with E-state index in [0.29, 0.717) is 11.6 Å². The van der Waals surface area contributed by atoms with Gasteiger partial charge in [0.2, 0.25) is 5.91 Å². The lowest BCUT2D eigenvalue weighted by atomic mass is 9.89. The second kappa shape index (κ2) is 4.44. The van der Waals surface area contributed by atoms with Gasteiger partial charge in [0, 0.05) is 16.6 Å². The summed E-state index contributed by atoms with van der Waals surface area (Å²) in [7, 11) is 0. The highest BCUT2D eigenvalue weighted by Crippen LogP contribution is 2.33. The molecule has 0 saturated heterocycles. The fourth-order valence-electron chi connectivity index (χ4n) is 2.10. The number of anilines is 1. The molecule has 1 aromatic carbocycles. The van der Waals surface area contributed by atoms with Gasteiger partial charge < -0.3 is 11.1 Å². The van der Waals surface area contributed by atoms with Crippen molar-refractivity contribution in [1.82, 2.24) is 0 Å². The van der Waals surface area contributed by atoms with Crippen molar-refractivity contribution in [1.29, 1.82) is 0 Å². The lowest BCUT2D eigenvalue weighted by molar-refractivity contribution is -0.120. The highest BCUT2D eigenvalue weighted by Gasteiger charge is 2.26. The van der Waals surface area contributed by atoms with Crippen molar-refractivity contribution in [3.63, 3.8) is 0 Å². The molecule has 0 radical (unpaired) electrons. The summed E-state index contributed by atoms with van der Waals surface area (Å²) in [5.41, 5.74) is 8.47. The molecule has 3 N–H and O–H groups in total. The number of hydrogen-bond acceptors (Lipinski definition) is 2. The monoisotopic (exact) mass is 238 g/mol. The molecule has 0 fully saturated rings. The second-order valence-electron chi connectivity index (χ2n) is 4.17. The van der Waals surface area contributed by atoms with Crippen LogP contribution >= 0.6 is 11.6 Å². The van der Waals surface area contributed by atoms with Gasteiger partial charge in [-0.1, -0.05) is 17.7 Å². The molecular weight excluding hydrogens is 224 g/mol. The van der Waals surface area contributed by atoms with Crippen molar-refractivity contribution in [2.45, 2.75) is 19.8 Å². The topological polar surface area (TPSA) is 55.1 Å². The third kappa shape index (κ3) is 1.93. The average Bonchev–Trinajstić information content (AvgIpc) is 2.26. The molecular formula is C12H15ClN2O. The summed E-state index contributed by atoms with van der Waals surface area (Å²) in [5.74, 6) is 0.0568. The molecule has 1 unspecified atom stereocenters. The fraction of sp³-hybridized carbons (Fsp3) is 0.417. The van der Waals surface area contributed by atoms with Crippen molar-refractivity contribution in [2.75, 3.05) is 11.9 Å². The van der Waals surface area contributed by atoms with Gasteiger partial charge in [-0.25, -0.2) is 0 Å². The van der Waals surface area contributed by atoms with E-state index in [1.54, 1.807) is 0 Å². The minimum Gasteiger partial charge on any atom is -0.330 e. The molecule has 0 spiro atoms. The SMILES string of the molecule is Cc1c(Cl)ccc2c1NC(=O)C(CCN)C2. The zero-order valence-electron chi connectivity index (χ0n) is 9.22. The highest BCUT2D eigenvalue weighted by atomic mass is 35.5. The molecule has 0 aliphatic carbocycles. The average molecular weight is 239 g/mol. The zero-order chi connectivity index (χ0) is 11.7. The van der Waals surface area contributed by atoms with Crippen LogP contribution in [0.2, 0.25) is 5.02 Å². The van der Waals surface area contributed by atoms with Gasteiger partial charge in [0.05, 0.1) is 0 Å². The largest absolute Gasteiger partial charge is 0.330 e. The Bertz CT molecular complexity index is 431. The normalized spacial score (nSPS) is 19.2. The second-order valence-corrected chi connectivity index (χ2v) is 4.58. The van der Waals surface area contributed by atoms with Crippen molar-refractivity contribution in [3.05, 3.63) is 28.3 Å². The molecule has 3 nitrogen and oxygen atoms in total. The third-order valence-corrected chi connectivity index (χ3v) is 3.50. The summed E-state index contributed by atoms with van der Waals surface area (Å²) in [6, 6.07) is 3.86. The van der Waals surface area contributed by atoms with Gasteiger partial charge in [-0.3, -0.25) is 4.79 Å². The first-order chi connectivity index (χ1) is 7.63. The van der Waals surface area contributed by atoms with Gasteiger partial charge in [-0.15, -0.1) is 0 Å². The molecule has 1 atom stereocenters. The Labute approximate surface area is 100.0 Å². The number of amides is 1. The Morgan fingerprint density at radius 1 is 1.56 bits per heavy atom. The molecule has 1 aliphatic rings. The molecule has 4 heteroatoms. The van der Waals surface area contributed by atoms with Gasteiger partial charge >= 0.3 is 0 Å². The Morgan fingerprint density at radius 3 is 3.00 bits per heavy atom. The van der Waals surface area contributed by atoms with Gasteiger partial charge in [0.15, 0.2) is 0 Å². The van der Waals surface area contributed by atoms with Crippen LogP contribution in [0, 0.1) is 12.8 Å². The molecule has 1 aromatic rings. The maximum absolute atomic E-state index is 11.8. The molecule has 2 rings (SSSR count). The predicted octanol–water partition coefficient (Wildman–Crippen LogP) is 2.11. The van der Waals surface area contributed by atoms with Crippen molar-refractivity contribution < 1.29 is 4.79 Å². The van der Waals surface area contributed by atoms with E-state index in [1.165, 1.54) is 0 Å². The van der Waals surface area contributed by atoms with Gasteiger partial charge in [0.25, 0.3) is 0 Å². The molecule has 1 amide bonds. The van der Waals surface area contributed by atoms with Crippen LogP contribution in [0.4, 0.5) is 5.69 Å². The van der Waals surface area contributed by atoms with Crippen LogP contribution in [0.25, 0.3) is 0 Å². The Hall–Kier alpha value is -1.06.